The molecule has 0 aliphatic carbocycles. The van der Waals surface area contributed by atoms with E-state index < -0.39 is 0 Å². The van der Waals surface area contributed by atoms with Crippen LogP contribution in [0, 0.1) is 0 Å². The van der Waals surface area contributed by atoms with Crippen LogP contribution in [0.1, 0.15) is 21.8 Å². The summed E-state index contributed by atoms with van der Waals surface area (Å²) in [6.45, 7) is 0.793. The van der Waals surface area contributed by atoms with Crippen molar-refractivity contribution in [3.05, 3.63) is 51.8 Å². The number of aromatic nitrogens is 1. The summed E-state index contributed by atoms with van der Waals surface area (Å²) in [5.41, 5.74) is 1.32. The fourth-order valence-electron chi connectivity index (χ4n) is 1.77. The summed E-state index contributed by atoms with van der Waals surface area (Å²) in [6.07, 6.45) is 0. The van der Waals surface area contributed by atoms with Crippen LogP contribution in [0.25, 0.3) is 0 Å². The first-order valence-corrected chi connectivity index (χ1v) is 6.84. The largest absolute Gasteiger partial charge is 0.377 e. The molecule has 1 aromatic carbocycles. The first-order chi connectivity index (χ1) is 9.61. The van der Waals surface area contributed by atoms with E-state index in [0.29, 0.717) is 18.9 Å². The van der Waals surface area contributed by atoms with Crippen LogP contribution < -0.4 is 0 Å². The lowest BCUT2D eigenvalue weighted by atomic mass is 10.2. The Kier molecular flexibility index (Phi) is 4.92. The summed E-state index contributed by atoms with van der Waals surface area (Å²) < 4.78 is 10.9. The van der Waals surface area contributed by atoms with Gasteiger partial charge in [-0.15, -0.1) is 0 Å². The van der Waals surface area contributed by atoms with Crippen LogP contribution in [0.15, 0.2) is 39.3 Å². The molecule has 1 aromatic heterocycles. The lowest BCUT2D eigenvalue weighted by molar-refractivity contribution is 0.0774. The van der Waals surface area contributed by atoms with E-state index in [1.807, 2.05) is 24.3 Å². The van der Waals surface area contributed by atoms with Crippen molar-refractivity contribution in [2.45, 2.75) is 13.2 Å². The minimum absolute atomic E-state index is 0.188. The fourth-order valence-corrected chi connectivity index (χ4v) is 2.18. The Labute approximate surface area is 125 Å². The Balaban J connectivity index is 2.06. The van der Waals surface area contributed by atoms with E-state index in [9.17, 15) is 4.79 Å². The molecule has 0 N–H and O–H groups in total. The molecular weight excluding hydrogens is 324 g/mol. The molecular formula is C14H15BrN2O3. The van der Waals surface area contributed by atoms with E-state index in [-0.39, 0.29) is 11.6 Å². The maximum atomic E-state index is 12.2. The average molecular weight is 339 g/mol. The molecule has 1 amide bonds. The van der Waals surface area contributed by atoms with Crippen LogP contribution in [0.5, 0.6) is 0 Å². The Morgan fingerprint density at radius 3 is 2.90 bits per heavy atom. The summed E-state index contributed by atoms with van der Waals surface area (Å²) in [6, 6.07) is 9.38. The predicted molar refractivity (Wildman–Crippen MR) is 77.2 cm³/mol. The number of ether oxygens (including phenoxy) is 1. The molecule has 0 spiro atoms. The SMILES string of the molecule is COCc1cc(C(=O)N(C)Cc2ccccc2Br)no1. The van der Waals surface area contributed by atoms with Crippen LogP contribution in [0.2, 0.25) is 0 Å². The molecule has 0 aliphatic rings. The second kappa shape index (κ2) is 6.67. The Bertz CT molecular complexity index is 598. The highest BCUT2D eigenvalue weighted by Gasteiger charge is 2.17. The molecule has 0 bridgehead atoms. The normalized spacial score (nSPS) is 10.6. The number of hydrogen-bond acceptors (Lipinski definition) is 4. The van der Waals surface area contributed by atoms with Gasteiger partial charge in [0.2, 0.25) is 0 Å². The van der Waals surface area contributed by atoms with Gasteiger partial charge in [-0.05, 0) is 11.6 Å². The highest BCUT2D eigenvalue weighted by molar-refractivity contribution is 9.10. The number of halogens is 1. The smallest absolute Gasteiger partial charge is 0.276 e. The third-order valence-corrected chi connectivity index (χ3v) is 3.55. The van der Waals surface area contributed by atoms with Crippen LogP contribution in [-0.2, 0) is 17.9 Å². The monoisotopic (exact) mass is 338 g/mol. The van der Waals surface area contributed by atoms with Crippen molar-refractivity contribution in [1.82, 2.24) is 10.1 Å². The van der Waals surface area contributed by atoms with Gasteiger partial charge in [0.15, 0.2) is 11.5 Å². The summed E-state index contributed by atoms with van der Waals surface area (Å²) in [5.74, 6) is 0.344. The number of methoxy groups -OCH3 is 1. The fraction of sp³-hybridized carbons (Fsp3) is 0.286. The van der Waals surface area contributed by atoms with Crippen molar-refractivity contribution in [1.29, 1.82) is 0 Å². The number of hydrogen-bond donors (Lipinski definition) is 0. The van der Waals surface area contributed by atoms with E-state index in [4.69, 9.17) is 9.26 Å². The third-order valence-electron chi connectivity index (χ3n) is 2.78. The molecule has 0 fully saturated rings. The van der Waals surface area contributed by atoms with E-state index in [1.165, 1.54) is 0 Å². The van der Waals surface area contributed by atoms with E-state index in [1.54, 1.807) is 25.1 Å². The van der Waals surface area contributed by atoms with Gasteiger partial charge >= 0.3 is 0 Å². The molecule has 5 nitrogen and oxygen atoms in total. The van der Waals surface area contributed by atoms with Crippen molar-refractivity contribution >= 4 is 21.8 Å². The lowest BCUT2D eigenvalue weighted by Crippen LogP contribution is -2.26. The highest BCUT2D eigenvalue weighted by Crippen LogP contribution is 2.18. The number of carbonyl (C=O) groups is 1. The topological polar surface area (TPSA) is 55.6 Å². The van der Waals surface area contributed by atoms with Crippen molar-refractivity contribution in [2.24, 2.45) is 0 Å². The second-order valence-corrected chi connectivity index (χ2v) is 5.22. The van der Waals surface area contributed by atoms with E-state index in [0.717, 1.165) is 10.0 Å². The molecule has 0 aliphatic heterocycles. The summed E-state index contributed by atoms with van der Waals surface area (Å²) >= 11 is 3.47. The average Bonchev–Trinajstić information content (AvgIpc) is 2.89. The lowest BCUT2D eigenvalue weighted by Gasteiger charge is -2.16. The molecule has 0 radical (unpaired) electrons. The molecule has 0 saturated heterocycles. The van der Waals surface area contributed by atoms with E-state index >= 15 is 0 Å². The van der Waals surface area contributed by atoms with Gasteiger partial charge in [-0.2, -0.15) is 0 Å². The van der Waals surface area contributed by atoms with Gasteiger partial charge in [-0.3, -0.25) is 4.79 Å². The highest BCUT2D eigenvalue weighted by atomic mass is 79.9. The number of rotatable bonds is 5. The van der Waals surface area contributed by atoms with Gasteiger partial charge in [0.1, 0.15) is 6.61 Å². The molecule has 106 valence electrons. The first kappa shape index (κ1) is 14.7. The molecule has 1 heterocycles. The minimum Gasteiger partial charge on any atom is -0.377 e. The Hall–Kier alpha value is -1.66. The van der Waals surface area contributed by atoms with Gasteiger partial charge in [-0.1, -0.05) is 39.3 Å². The van der Waals surface area contributed by atoms with Gasteiger partial charge in [0.05, 0.1) is 0 Å². The van der Waals surface area contributed by atoms with Crippen molar-refractivity contribution < 1.29 is 14.1 Å². The van der Waals surface area contributed by atoms with E-state index in [2.05, 4.69) is 21.1 Å². The molecule has 0 unspecified atom stereocenters. The molecule has 2 aromatic rings. The second-order valence-electron chi connectivity index (χ2n) is 4.36. The predicted octanol–water partition coefficient (Wildman–Crippen LogP) is 2.86. The van der Waals surface area contributed by atoms with Crippen LogP contribution >= 0.6 is 15.9 Å². The van der Waals surface area contributed by atoms with Crippen molar-refractivity contribution in [3.8, 4) is 0 Å². The van der Waals surface area contributed by atoms with Gasteiger partial charge in [-0.25, -0.2) is 0 Å². The van der Waals surface area contributed by atoms with Crippen LogP contribution in [0.4, 0.5) is 0 Å². The Morgan fingerprint density at radius 1 is 1.45 bits per heavy atom. The molecule has 2 rings (SSSR count). The van der Waals surface area contributed by atoms with Gasteiger partial charge < -0.3 is 14.2 Å². The maximum Gasteiger partial charge on any atom is 0.276 e. The molecule has 20 heavy (non-hydrogen) atoms. The first-order valence-electron chi connectivity index (χ1n) is 6.05. The zero-order chi connectivity index (χ0) is 14.5. The number of amides is 1. The minimum atomic E-state index is -0.188. The molecule has 0 saturated carbocycles. The van der Waals surface area contributed by atoms with Gasteiger partial charge in [0.25, 0.3) is 5.91 Å². The van der Waals surface area contributed by atoms with Crippen molar-refractivity contribution in [3.63, 3.8) is 0 Å². The standard InChI is InChI=1S/C14H15BrN2O3/c1-17(8-10-5-3-4-6-12(10)15)14(18)13-7-11(9-19-2)20-16-13/h3-7H,8-9H2,1-2H3. The zero-order valence-electron chi connectivity index (χ0n) is 11.3. The zero-order valence-corrected chi connectivity index (χ0v) is 12.9. The van der Waals surface area contributed by atoms with Crippen molar-refractivity contribution in [2.75, 3.05) is 14.2 Å². The molecule has 6 heteroatoms. The van der Waals surface area contributed by atoms with Crippen LogP contribution in [-0.4, -0.2) is 30.1 Å². The summed E-state index contributed by atoms with van der Waals surface area (Å²) in [7, 11) is 3.29. The third kappa shape index (κ3) is 3.46. The number of carbonyl (C=O) groups excluding carboxylic acids is 1. The summed E-state index contributed by atoms with van der Waals surface area (Å²) in [5, 5.41) is 3.76. The van der Waals surface area contributed by atoms with Crippen LogP contribution in [0.3, 0.4) is 0 Å². The summed E-state index contributed by atoms with van der Waals surface area (Å²) in [4.78, 5) is 13.8. The number of benzene rings is 1. The quantitative estimate of drug-likeness (QED) is 0.841. The molecule has 0 atom stereocenters. The Morgan fingerprint density at radius 2 is 2.20 bits per heavy atom. The maximum absolute atomic E-state index is 12.2. The number of nitrogens with zero attached hydrogens (tertiary/aromatic N) is 2. The van der Waals surface area contributed by atoms with Gasteiger partial charge in [0, 0.05) is 31.2 Å².